The molecule has 8 heteroatoms. The first-order valence-electron chi connectivity index (χ1n) is 12.0. The fourth-order valence-corrected chi connectivity index (χ4v) is 5.88. The Morgan fingerprint density at radius 1 is 0.946 bits per heavy atom. The molecule has 0 aliphatic carbocycles. The highest BCUT2D eigenvalue weighted by molar-refractivity contribution is 8.00. The van der Waals surface area contributed by atoms with E-state index in [1.807, 2.05) is 91.0 Å². The lowest BCUT2D eigenvalue weighted by atomic mass is 10.0. The summed E-state index contributed by atoms with van der Waals surface area (Å²) in [6, 6.07) is 27.3. The van der Waals surface area contributed by atoms with Crippen LogP contribution in [0, 0.1) is 0 Å². The highest BCUT2D eigenvalue weighted by atomic mass is 32.2. The predicted octanol–water partition coefficient (Wildman–Crippen LogP) is 3.21. The minimum absolute atomic E-state index is 0.0571. The number of nitrogens with zero attached hydrogens (tertiary/aromatic N) is 1. The summed E-state index contributed by atoms with van der Waals surface area (Å²) in [6.07, 6.45) is -0.530. The standard InChI is InChI=1S/C29H26N2O5S/c32-17-22-18-37-28-24(30-23(33)16-19-10-4-1-5-11-19)27(34)31(28)25(22)29(35)36-26(20-12-6-2-7-13-20)21-14-8-3-9-15-21/h1-15,24,26,28,32H,16-18H2,(H,30,33)/t24-,28-/m1/s1. The van der Waals surface area contributed by atoms with Gasteiger partial charge < -0.3 is 15.2 Å². The van der Waals surface area contributed by atoms with Crippen LogP contribution in [0.25, 0.3) is 0 Å². The molecule has 3 aromatic carbocycles. The van der Waals surface area contributed by atoms with Crippen molar-refractivity contribution in [3.8, 4) is 0 Å². The largest absolute Gasteiger partial charge is 0.448 e. The third-order valence-corrected chi connectivity index (χ3v) is 7.72. The molecule has 0 unspecified atom stereocenters. The van der Waals surface area contributed by atoms with E-state index in [1.54, 1.807) is 0 Å². The minimum Gasteiger partial charge on any atom is -0.448 e. The molecule has 2 N–H and O–H groups in total. The zero-order valence-corrected chi connectivity index (χ0v) is 20.8. The van der Waals surface area contributed by atoms with Gasteiger partial charge in [-0.1, -0.05) is 91.0 Å². The lowest BCUT2D eigenvalue weighted by molar-refractivity contribution is -0.154. The van der Waals surface area contributed by atoms with Gasteiger partial charge >= 0.3 is 5.97 Å². The smallest absolute Gasteiger partial charge is 0.356 e. The Bertz CT molecular complexity index is 1270. The van der Waals surface area contributed by atoms with E-state index in [1.165, 1.54) is 16.7 Å². The van der Waals surface area contributed by atoms with Crippen LogP contribution < -0.4 is 5.32 Å². The van der Waals surface area contributed by atoms with Gasteiger partial charge in [0, 0.05) is 5.75 Å². The first kappa shape index (κ1) is 24.8. The molecule has 0 radical (unpaired) electrons. The number of nitrogens with one attached hydrogen (secondary N) is 1. The molecule has 0 aromatic heterocycles. The van der Waals surface area contributed by atoms with Crippen molar-refractivity contribution in [2.75, 3.05) is 12.4 Å². The Labute approximate surface area is 219 Å². The average Bonchev–Trinajstić information content (AvgIpc) is 2.95. The number of ether oxygens (including phenoxy) is 1. The van der Waals surface area contributed by atoms with Gasteiger partial charge in [-0.25, -0.2) is 4.79 Å². The van der Waals surface area contributed by atoms with Crippen LogP contribution in [0.5, 0.6) is 0 Å². The second-order valence-corrected chi connectivity index (χ2v) is 9.94. The molecule has 2 aliphatic rings. The maximum atomic E-state index is 13.5. The SMILES string of the molecule is O=C(Cc1ccccc1)N[C@@H]1C(=O)N2C(C(=O)OC(c3ccccc3)c3ccccc3)=C(CO)CS[C@H]12. The summed E-state index contributed by atoms with van der Waals surface area (Å²) in [6.45, 7) is -0.375. The average molecular weight is 515 g/mol. The quantitative estimate of drug-likeness (QED) is 0.354. The first-order chi connectivity index (χ1) is 18.1. The summed E-state index contributed by atoms with van der Waals surface area (Å²) in [5, 5.41) is 12.3. The Morgan fingerprint density at radius 2 is 1.51 bits per heavy atom. The van der Waals surface area contributed by atoms with Crippen LogP contribution in [-0.4, -0.2) is 51.6 Å². The molecule has 7 nitrogen and oxygen atoms in total. The second-order valence-electron chi connectivity index (χ2n) is 8.83. The van der Waals surface area contributed by atoms with Crippen LogP contribution in [0.3, 0.4) is 0 Å². The molecule has 2 aliphatic heterocycles. The highest BCUT2D eigenvalue weighted by Crippen LogP contribution is 2.41. The Kier molecular flexibility index (Phi) is 7.39. The van der Waals surface area contributed by atoms with Crippen LogP contribution in [-0.2, 0) is 25.5 Å². The van der Waals surface area contributed by atoms with Crippen molar-refractivity contribution in [1.82, 2.24) is 10.2 Å². The molecule has 2 atom stereocenters. The van der Waals surface area contributed by atoms with Crippen molar-refractivity contribution >= 4 is 29.5 Å². The van der Waals surface area contributed by atoms with Crippen LogP contribution in [0.4, 0.5) is 0 Å². The van der Waals surface area contributed by atoms with E-state index < -0.39 is 29.4 Å². The molecule has 0 bridgehead atoms. The number of hydrogen-bond donors (Lipinski definition) is 2. The Balaban J connectivity index is 1.35. The van der Waals surface area contributed by atoms with Crippen LogP contribution in [0.2, 0.25) is 0 Å². The van der Waals surface area contributed by atoms with Crippen molar-refractivity contribution in [2.24, 2.45) is 0 Å². The maximum Gasteiger partial charge on any atom is 0.356 e. The van der Waals surface area contributed by atoms with Crippen LogP contribution >= 0.6 is 11.8 Å². The lowest BCUT2D eigenvalue weighted by Crippen LogP contribution is -2.70. The van der Waals surface area contributed by atoms with Gasteiger partial charge in [0.1, 0.15) is 17.1 Å². The van der Waals surface area contributed by atoms with Gasteiger partial charge in [0.25, 0.3) is 5.91 Å². The van der Waals surface area contributed by atoms with Gasteiger partial charge in [0.2, 0.25) is 5.91 Å². The van der Waals surface area contributed by atoms with E-state index in [-0.39, 0.29) is 24.6 Å². The van der Waals surface area contributed by atoms with E-state index in [4.69, 9.17) is 4.74 Å². The number of aliphatic hydroxyl groups excluding tert-OH is 1. The summed E-state index contributed by atoms with van der Waals surface area (Å²) in [5.74, 6) is -0.997. The summed E-state index contributed by atoms with van der Waals surface area (Å²) in [5.41, 5.74) is 2.90. The van der Waals surface area contributed by atoms with Gasteiger partial charge in [-0.05, 0) is 22.3 Å². The fourth-order valence-electron chi connectivity index (χ4n) is 4.55. The number of esters is 1. The molecule has 188 valence electrons. The predicted molar refractivity (Wildman–Crippen MR) is 140 cm³/mol. The molecular weight excluding hydrogens is 488 g/mol. The topological polar surface area (TPSA) is 95.9 Å². The van der Waals surface area contributed by atoms with Crippen molar-refractivity contribution in [3.63, 3.8) is 0 Å². The van der Waals surface area contributed by atoms with E-state index in [0.717, 1.165) is 16.7 Å². The molecule has 37 heavy (non-hydrogen) atoms. The molecule has 1 saturated heterocycles. The zero-order valence-electron chi connectivity index (χ0n) is 19.9. The van der Waals surface area contributed by atoms with E-state index in [2.05, 4.69) is 5.32 Å². The normalized spacial score (nSPS) is 18.8. The van der Waals surface area contributed by atoms with Gasteiger partial charge in [-0.3, -0.25) is 14.5 Å². The molecule has 0 spiro atoms. The number of carbonyl (C=O) groups is 3. The third kappa shape index (κ3) is 5.16. The number of amides is 2. The monoisotopic (exact) mass is 514 g/mol. The van der Waals surface area contributed by atoms with Crippen molar-refractivity contribution < 1.29 is 24.2 Å². The molecule has 2 amide bonds. The van der Waals surface area contributed by atoms with Crippen molar-refractivity contribution in [1.29, 1.82) is 0 Å². The van der Waals surface area contributed by atoms with Gasteiger partial charge in [0.15, 0.2) is 6.10 Å². The maximum absolute atomic E-state index is 13.5. The number of hydrogen-bond acceptors (Lipinski definition) is 6. The molecule has 5 rings (SSSR count). The summed E-state index contributed by atoms with van der Waals surface area (Å²) >= 11 is 1.40. The number of thioether (sulfide) groups is 1. The van der Waals surface area contributed by atoms with E-state index in [0.29, 0.717) is 11.3 Å². The number of fused-ring (bicyclic) bond motifs is 1. The molecule has 3 aromatic rings. The Morgan fingerprint density at radius 3 is 2.08 bits per heavy atom. The van der Waals surface area contributed by atoms with Gasteiger partial charge in [0.05, 0.1) is 13.0 Å². The molecule has 1 fully saturated rings. The molecular formula is C29H26N2O5S. The number of carbonyl (C=O) groups excluding carboxylic acids is 3. The number of aliphatic hydroxyl groups is 1. The lowest BCUT2D eigenvalue weighted by Gasteiger charge is -2.49. The number of β-lactam (4-membered cyclic amide) rings is 1. The Hall–Kier alpha value is -3.88. The van der Waals surface area contributed by atoms with E-state index >= 15 is 0 Å². The molecule has 0 saturated carbocycles. The summed E-state index contributed by atoms with van der Waals surface area (Å²) < 4.78 is 5.99. The highest BCUT2D eigenvalue weighted by Gasteiger charge is 2.54. The van der Waals surface area contributed by atoms with E-state index in [9.17, 15) is 19.5 Å². The van der Waals surface area contributed by atoms with Crippen molar-refractivity contribution in [2.45, 2.75) is 23.9 Å². The van der Waals surface area contributed by atoms with Gasteiger partial charge in [-0.15, -0.1) is 11.8 Å². The number of benzene rings is 3. The summed E-state index contributed by atoms with van der Waals surface area (Å²) in [7, 11) is 0. The number of rotatable bonds is 8. The van der Waals surface area contributed by atoms with Crippen LogP contribution in [0.1, 0.15) is 22.8 Å². The first-order valence-corrected chi connectivity index (χ1v) is 13.0. The second kappa shape index (κ2) is 11.0. The van der Waals surface area contributed by atoms with Crippen molar-refractivity contribution in [3.05, 3.63) is 119 Å². The molecule has 2 heterocycles. The third-order valence-electron chi connectivity index (χ3n) is 6.38. The minimum atomic E-state index is -0.747. The zero-order chi connectivity index (χ0) is 25.8. The van der Waals surface area contributed by atoms with Crippen LogP contribution in [0.15, 0.2) is 102 Å². The van der Waals surface area contributed by atoms with Gasteiger partial charge in [-0.2, -0.15) is 0 Å². The fraction of sp³-hybridized carbons (Fsp3) is 0.207. The summed E-state index contributed by atoms with van der Waals surface area (Å²) in [4.78, 5) is 40.7.